The summed E-state index contributed by atoms with van der Waals surface area (Å²) in [4.78, 5) is 17.8. The first-order chi connectivity index (χ1) is 14.8. The lowest BCUT2D eigenvalue weighted by Gasteiger charge is -2.15. The van der Waals surface area contributed by atoms with Crippen molar-refractivity contribution in [2.75, 3.05) is 23.9 Å². The Morgan fingerprint density at radius 2 is 1.84 bits per heavy atom. The molecule has 0 fully saturated rings. The predicted molar refractivity (Wildman–Crippen MR) is 123 cm³/mol. The Morgan fingerprint density at radius 1 is 1.16 bits per heavy atom. The maximum atomic E-state index is 12.7. The van der Waals surface area contributed by atoms with Gasteiger partial charge in [-0.3, -0.25) is 4.90 Å². The first kappa shape index (κ1) is 23.0. The predicted octanol–water partition coefficient (Wildman–Crippen LogP) is 4.34. The summed E-state index contributed by atoms with van der Waals surface area (Å²) in [5.74, 6) is 0.693. The van der Waals surface area contributed by atoms with Crippen molar-refractivity contribution < 1.29 is 17.9 Å². The molecular weight excluding hydrogens is 460 g/mol. The summed E-state index contributed by atoms with van der Waals surface area (Å²) >= 11 is 6.88. The molecule has 164 valence electrons. The number of ether oxygens (including phenoxy) is 1. The Balaban J connectivity index is 1.69. The summed E-state index contributed by atoms with van der Waals surface area (Å²) in [6.07, 6.45) is 0. The zero-order valence-electron chi connectivity index (χ0n) is 16.8. The van der Waals surface area contributed by atoms with Gasteiger partial charge in [0, 0.05) is 19.3 Å². The number of urea groups is 1. The summed E-state index contributed by atoms with van der Waals surface area (Å²) in [6, 6.07) is 15.5. The highest BCUT2D eigenvalue weighted by atomic mass is 35.5. The van der Waals surface area contributed by atoms with E-state index in [1.54, 1.807) is 36.4 Å². The fourth-order valence-corrected chi connectivity index (χ4v) is 5.32. The van der Waals surface area contributed by atoms with Crippen molar-refractivity contribution >= 4 is 49.8 Å². The van der Waals surface area contributed by atoms with Crippen LogP contribution in [-0.4, -0.2) is 33.1 Å². The van der Waals surface area contributed by atoms with Crippen molar-refractivity contribution in [1.82, 2.24) is 9.71 Å². The lowest BCUT2D eigenvalue weighted by atomic mass is 10.2. The zero-order chi connectivity index (χ0) is 22.4. The van der Waals surface area contributed by atoms with Crippen LogP contribution in [0.5, 0.6) is 5.75 Å². The molecule has 2 amide bonds. The van der Waals surface area contributed by atoms with Crippen molar-refractivity contribution in [3.05, 3.63) is 65.3 Å². The van der Waals surface area contributed by atoms with E-state index in [0.717, 1.165) is 16.9 Å². The van der Waals surface area contributed by atoms with Gasteiger partial charge in [0.1, 0.15) is 5.75 Å². The average molecular weight is 481 g/mol. The van der Waals surface area contributed by atoms with Crippen LogP contribution in [0, 0.1) is 0 Å². The Morgan fingerprint density at radius 3 is 2.48 bits per heavy atom. The molecule has 0 spiro atoms. The van der Waals surface area contributed by atoms with Crippen LogP contribution >= 0.6 is 22.9 Å². The molecule has 0 unspecified atom stereocenters. The van der Waals surface area contributed by atoms with E-state index in [1.807, 2.05) is 25.1 Å². The molecule has 0 aliphatic rings. The Hall–Kier alpha value is -2.66. The van der Waals surface area contributed by atoms with Gasteiger partial charge in [-0.15, -0.1) is 0 Å². The minimum Gasteiger partial charge on any atom is -0.494 e. The molecule has 31 heavy (non-hydrogen) atoms. The Kier molecular flexibility index (Phi) is 7.50. The molecule has 2 aromatic carbocycles. The smallest absolute Gasteiger partial charge is 0.327 e. The van der Waals surface area contributed by atoms with Gasteiger partial charge in [0.25, 0.3) is 10.0 Å². The van der Waals surface area contributed by atoms with Crippen molar-refractivity contribution in [2.45, 2.75) is 17.7 Å². The molecule has 0 aliphatic carbocycles. The highest BCUT2D eigenvalue weighted by molar-refractivity contribution is 7.91. The number of nitrogens with zero attached hydrogens (tertiary/aromatic N) is 2. The molecule has 0 bridgehead atoms. The van der Waals surface area contributed by atoms with Crippen LogP contribution in [0.25, 0.3) is 0 Å². The number of aromatic nitrogens is 1. The molecule has 3 aromatic rings. The number of hydrogen-bond donors (Lipinski definition) is 2. The number of anilines is 2. The molecule has 3 rings (SSSR count). The van der Waals surface area contributed by atoms with E-state index in [4.69, 9.17) is 16.3 Å². The van der Waals surface area contributed by atoms with E-state index in [-0.39, 0.29) is 21.0 Å². The van der Waals surface area contributed by atoms with Gasteiger partial charge in [0.2, 0.25) is 0 Å². The van der Waals surface area contributed by atoms with Crippen molar-refractivity contribution in [3.63, 3.8) is 0 Å². The van der Waals surface area contributed by atoms with Gasteiger partial charge in [-0.1, -0.05) is 53.3 Å². The molecule has 2 N–H and O–H groups in total. The summed E-state index contributed by atoms with van der Waals surface area (Å²) in [5.41, 5.74) is 1.36. The Labute approximate surface area is 189 Å². The first-order valence-corrected chi connectivity index (χ1v) is 12.0. The molecule has 0 aliphatic heterocycles. The van der Waals surface area contributed by atoms with Crippen LogP contribution in [-0.2, 0) is 16.6 Å². The van der Waals surface area contributed by atoms with Crippen LogP contribution in [0.3, 0.4) is 0 Å². The maximum absolute atomic E-state index is 12.7. The van der Waals surface area contributed by atoms with Gasteiger partial charge in [0.15, 0.2) is 14.5 Å². The number of carbonyl (C=O) groups excluding carboxylic acids is 1. The Bertz CT molecular complexity index is 1140. The molecule has 8 nitrogen and oxygen atoms in total. The molecule has 1 heterocycles. The third-order valence-electron chi connectivity index (χ3n) is 4.11. The van der Waals surface area contributed by atoms with Gasteiger partial charge in [-0.05, 0) is 36.8 Å². The largest absolute Gasteiger partial charge is 0.494 e. The van der Waals surface area contributed by atoms with Crippen LogP contribution in [0.4, 0.5) is 15.6 Å². The second-order valence-electron chi connectivity index (χ2n) is 6.33. The highest BCUT2D eigenvalue weighted by Gasteiger charge is 2.26. The average Bonchev–Trinajstić information content (AvgIpc) is 3.16. The highest BCUT2D eigenvalue weighted by Crippen LogP contribution is 2.33. The molecule has 0 saturated carbocycles. The van der Waals surface area contributed by atoms with E-state index >= 15 is 0 Å². The van der Waals surface area contributed by atoms with E-state index < -0.39 is 16.1 Å². The standard InChI is InChI=1S/C20H21ClN4O4S2/c1-3-29-16-11-9-15(10-12-16)23-19(26)25(2)20-24-17(21)18(30-20)31(27,28)22-13-14-7-5-4-6-8-14/h4-12,22H,3,13H2,1-2H3,(H,23,26). The number of benzene rings is 2. The monoisotopic (exact) mass is 480 g/mol. The van der Waals surface area contributed by atoms with E-state index in [2.05, 4.69) is 15.0 Å². The van der Waals surface area contributed by atoms with Crippen molar-refractivity contribution in [1.29, 1.82) is 0 Å². The zero-order valence-corrected chi connectivity index (χ0v) is 19.2. The molecule has 1 aromatic heterocycles. The second kappa shape index (κ2) is 10.1. The maximum Gasteiger partial charge on any atom is 0.327 e. The quantitative estimate of drug-likeness (QED) is 0.499. The molecule has 11 heteroatoms. The van der Waals surface area contributed by atoms with Crippen LogP contribution < -0.4 is 19.7 Å². The fraction of sp³-hybridized carbons (Fsp3) is 0.200. The number of thiazole rings is 1. The third-order valence-corrected chi connectivity index (χ3v) is 7.65. The normalized spacial score (nSPS) is 11.2. The van der Waals surface area contributed by atoms with Crippen molar-refractivity contribution in [2.24, 2.45) is 0 Å². The van der Waals surface area contributed by atoms with Gasteiger partial charge in [0.05, 0.1) is 6.61 Å². The van der Waals surface area contributed by atoms with Crippen LogP contribution in [0.2, 0.25) is 5.15 Å². The lowest BCUT2D eigenvalue weighted by Crippen LogP contribution is -2.31. The van der Waals surface area contributed by atoms with Crippen LogP contribution in [0.15, 0.2) is 58.8 Å². The minimum absolute atomic E-state index is 0.112. The lowest BCUT2D eigenvalue weighted by molar-refractivity contribution is 0.258. The van der Waals surface area contributed by atoms with Crippen molar-refractivity contribution in [3.8, 4) is 5.75 Å². The van der Waals surface area contributed by atoms with Gasteiger partial charge >= 0.3 is 6.03 Å². The number of rotatable bonds is 8. The number of sulfonamides is 1. The van der Waals surface area contributed by atoms with E-state index in [0.29, 0.717) is 18.0 Å². The molecule has 0 saturated heterocycles. The third kappa shape index (κ3) is 5.95. The number of amides is 2. The second-order valence-corrected chi connectivity index (χ2v) is 9.63. The first-order valence-electron chi connectivity index (χ1n) is 9.27. The summed E-state index contributed by atoms with van der Waals surface area (Å²) in [7, 11) is -2.42. The summed E-state index contributed by atoms with van der Waals surface area (Å²) in [5, 5.41) is 2.67. The molecular formula is C20H21ClN4O4S2. The number of halogens is 1. The summed E-state index contributed by atoms with van der Waals surface area (Å²) < 4.78 is 33.0. The van der Waals surface area contributed by atoms with Gasteiger partial charge < -0.3 is 10.1 Å². The fourth-order valence-electron chi connectivity index (χ4n) is 2.52. The minimum atomic E-state index is -3.89. The number of nitrogens with one attached hydrogen (secondary N) is 2. The van der Waals surface area contributed by atoms with E-state index in [1.165, 1.54) is 11.9 Å². The van der Waals surface area contributed by atoms with E-state index in [9.17, 15) is 13.2 Å². The molecule has 0 radical (unpaired) electrons. The number of hydrogen-bond acceptors (Lipinski definition) is 6. The van der Waals surface area contributed by atoms with Gasteiger partial charge in [-0.2, -0.15) is 0 Å². The molecule has 0 atom stereocenters. The number of carbonyl (C=O) groups is 1. The van der Waals surface area contributed by atoms with Crippen LogP contribution in [0.1, 0.15) is 12.5 Å². The van der Waals surface area contributed by atoms with Gasteiger partial charge in [-0.25, -0.2) is 22.9 Å². The SMILES string of the molecule is CCOc1ccc(NC(=O)N(C)c2nc(Cl)c(S(=O)(=O)NCc3ccccc3)s2)cc1. The topological polar surface area (TPSA) is 101 Å². The summed E-state index contributed by atoms with van der Waals surface area (Å²) in [6.45, 7) is 2.54.